The molecule has 0 bridgehead atoms. The van der Waals surface area contributed by atoms with E-state index in [1.165, 1.54) is 0 Å². The fraction of sp³-hybridized carbons (Fsp3) is 1.00. The van der Waals surface area contributed by atoms with Gasteiger partial charge in [0.05, 0.1) is 0 Å². The van der Waals surface area contributed by atoms with Gasteiger partial charge in [0.2, 0.25) is 0 Å². The third kappa shape index (κ3) is 6.10. The average Bonchev–Trinajstić information content (AvgIpc) is 2.26. The molecule has 0 heterocycles. The molecular weight excluding hydrogens is 192 g/mol. The molecule has 0 saturated carbocycles. The smallest absolute Gasteiger partial charge is 0.0480 e. The molecule has 2 atom stereocenters. The number of hydrogen-bond donors (Lipinski definition) is 3. The molecule has 0 aliphatic heterocycles. The lowest BCUT2D eigenvalue weighted by Gasteiger charge is -2.33. The summed E-state index contributed by atoms with van der Waals surface area (Å²) in [6.07, 6.45) is 2.67. The minimum atomic E-state index is -0.0914. The average molecular weight is 218 g/mol. The van der Waals surface area contributed by atoms with Gasteiger partial charge in [-0.1, -0.05) is 6.92 Å². The molecule has 15 heavy (non-hydrogen) atoms. The summed E-state index contributed by atoms with van der Waals surface area (Å²) in [7, 11) is 1.70. The van der Waals surface area contributed by atoms with E-state index in [9.17, 15) is 0 Å². The van der Waals surface area contributed by atoms with Crippen molar-refractivity contribution >= 4 is 0 Å². The van der Waals surface area contributed by atoms with E-state index >= 15 is 0 Å². The van der Waals surface area contributed by atoms with Crippen LogP contribution in [-0.2, 0) is 4.74 Å². The molecule has 92 valence electrons. The van der Waals surface area contributed by atoms with Crippen LogP contribution in [0.15, 0.2) is 0 Å². The van der Waals surface area contributed by atoms with E-state index in [0.717, 1.165) is 19.3 Å². The van der Waals surface area contributed by atoms with Crippen molar-refractivity contribution in [1.29, 1.82) is 0 Å². The van der Waals surface area contributed by atoms with Crippen LogP contribution in [-0.4, -0.2) is 43.6 Å². The van der Waals surface area contributed by atoms with Crippen LogP contribution in [0.4, 0.5) is 0 Å². The van der Waals surface area contributed by atoms with Gasteiger partial charge in [0, 0.05) is 38.4 Å². The normalized spacial score (nSPS) is 17.4. The van der Waals surface area contributed by atoms with Crippen LogP contribution in [0.3, 0.4) is 0 Å². The lowest BCUT2D eigenvalue weighted by molar-refractivity contribution is 0.150. The highest BCUT2D eigenvalue weighted by atomic mass is 16.5. The summed E-state index contributed by atoms with van der Waals surface area (Å²) in [5, 5.41) is 12.4. The van der Waals surface area contributed by atoms with Gasteiger partial charge < -0.3 is 20.9 Å². The molecule has 0 aromatic carbocycles. The Morgan fingerprint density at radius 3 is 2.60 bits per heavy atom. The van der Waals surface area contributed by atoms with Crippen LogP contribution < -0.4 is 11.1 Å². The lowest BCUT2D eigenvalue weighted by Crippen LogP contribution is -2.53. The first-order valence-corrected chi connectivity index (χ1v) is 5.69. The summed E-state index contributed by atoms with van der Waals surface area (Å²) < 4.78 is 5.07. The van der Waals surface area contributed by atoms with E-state index in [2.05, 4.69) is 19.2 Å². The van der Waals surface area contributed by atoms with Gasteiger partial charge in [-0.05, 0) is 26.2 Å². The topological polar surface area (TPSA) is 67.5 Å². The van der Waals surface area contributed by atoms with Gasteiger partial charge in [-0.3, -0.25) is 0 Å². The minimum absolute atomic E-state index is 0.0914. The van der Waals surface area contributed by atoms with E-state index in [4.69, 9.17) is 15.6 Å². The fourth-order valence-electron chi connectivity index (χ4n) is 1.59. The number of aliphatic hydroxyl groups excluding tert-OH is 1. The maximum absolute atomic E-state index is 8.92. The zero-order chi connectivity index (χ0) is 11.7. The summed E-state index contributed by atoms with van der Waals surface area (Å²) in [6, 6.07) is 0.334. The minimum Gasteiger partial charge on any atom is -0.396 e. The van der Waals surface area contributed by atoms with E-state index < -0.39 is 0 Å². The molecule has 0 aromatic rings. The standard InChI is InChI=1S/C11H26N2O2/c1-4-10(5-7-14)13-11(2,9-12)6-8-15-3/h10,13-14H,4-9,12H2,1-3H3. The molecule has 0 radical (unpaired) electrons. The van der Waals surface area contributed by atoms with Crippen LogP contribution >= 0.6 is 0 Å². The summed E-state index contributed by atoms with van der Waals surface area (Å²) in [5.74, 6) is 0. The Morgan fingerprint density at radius 1 is 1.53 bits per heavy atom. The molecule has 4 nitrogen and oxygen atoms in total. The highest BCUT2D eigenvalue weighted by molar-refractivity contribution is 4.87. The van der Waals surface area contributed by atoms with Crippen molar-refractivity contribution in [3.05, 3.63) is 0 Å². The second-order valence-corrected chi connectivity index (χ2v) is 4.27. The number of hydrogen-bond acceptors (Lipinski definition) is 4. The second-order valence-electron chi connectivity index (χ2n) is 4.27. The third-order valence-electron chi connectivity index (χ3n) is 2.83. The first-order chi connectivity index (χ1) is 7.11. The molecule has 0 aromatic heterocycles. The van der Waals surface area contributed by atoms with E-state index in [-0.39, 0.29) is 12.1 Å². The zero-order valence-electron chi connectivity index (χ0n) is 10.3. The van der Waals surface area contributed by atoms with E-state index in [1.54, 1.807) is 7.11 Å². The Hall–Kier alpha value is -0.160. The predicted octanol–water partition coefficient (Wildman–Crippen LogP) is 0.491. The molecule has 4 heteroatoms. The summed E-state index contributed by atoms with van der Waals surface area (Å²) in [5.41, 5.74) is 5.67. The van der Waals surface area contributed by atoms with Crippen LogP contribution in [0.2, 0.25) is 0 Å². The van der Waals surface area contributed by atoms with Crippen molar-refractivity contribution in [2.45, 2.75) is 44.7 Å². The molecule has 0 aliphatic carbocycles. The van der Waals surface area contributed by atoms with Crippen molar-refractivity contribution < 1.29 is 9.84 Å². The Labute approximate surface area is 93.2 Å². The third-order valence-corrected chi connectivity index (χ3v) is 2.83. The van der Waals surface area contributed by atoms with Crippen molar-refractivity contribution in [2.24, 2.45) is 5.73 Å². The van der Waals surface area contributed by atoms with Gasteiger partial charge >= 0.3 is 0 Å². The van der Waals surface area contributed by atoms with Gasteiger partial charge in [-0.2, -0.15) is 0 Å². The molecule has 0 fully saturated rings. The zero-order valence-corrected chi connectivity index (χ0v) is 10.3. The lowest BCUT2D eigenvalue weighted by atomic mass is 9.95. The maximum atomic E-state index is 8.92. The van der Waals surface area contributed by atoms with Crippen molar-refractivity contribution in [3.63, 3.8) is 0 Å². The number of methoxy groups -OCH3 is 1. The van der Waals surface area contributed by atoms with Crippen molar-refractivity contribution in [3.8, 4) is 0 Å². The highest BCUT2D eigenvalue weighted by Gasteiger charge is 2.24. The molecule has 0 amide bonds. The van der Waals surface area contributed by atoms with Gasteiger partial charge in [-0.15, -0.1) is 0 Å². The van der Waals surface area contributed by atoms with Crippen molar-refractivity contribution in [1.82, 2.24) is 5.32 Å². The number of ether oxygens (including phenoxy) is 1. The SMILES string of the molecule is CCC(CCO)NC(C)(CN)CCOC. The quantitative estimate of drug-likeness (QED) is 0.527. The number of nitrogens with one attached hydrogen (secondary N) is 1. The highest BCUT2D eigenvalue weighted by Crippen LogP contribution is 2.11. The summed E-state index contributed by atoms with van der Waals surface area (Å²) >= 11 is 0. The maximum Gasteiger partial charge on any atom is 0.0480 e. The molecular formula is C11H26N2O2. The Kier molecular flexibility index (Phi) is 7.96. The molecule has 0 rings (SSSR count). The largest absolute Gasteiger partial charge is 0.396 e. The van der Waals surface area contributed by atoms with Crippen LogP contribution in [0.1, 0.15) is 33.1 Å². The summed E-state index contributed by atoms with van der Waals surface area (Å²) in [4.78, 5) is 0. The molecule has 0 aliphatic rings. The van der Waals surface area contributed by atoms with Gasteiger partial charge in [0.15, 0.2) is 0 Å². The van der Waals surface area contributed by atoms with E-state index in [0.29, 0.717) is 19.2 Å². The fourth-order valence-corrected chi connectivity index (χ4v) is 1.59. The second kappa shape index (κ2) is 8.05. The number of nitrogens with two attached hydrogens (primary N) is 1. The van der Waals surface area contributed by atoms with E-state index in [1.807, 2.05) is 0 Å². The van der Waals surface area contributed by atoms with Gasteiger partial charge in [0.25, 0.3) is 0 Å². The monoisotopic (exact) mass is 218 g/mol. The number of rotatable bonds is 9. The Bertz CT molecular complexity index is 156. The van der Waals surface area contributed by atoms with Crippen molar-refractivity contribution in [2.75, 3.05) is 26.9 Å². The molecule has 4 N–H and O–H groups in total. The predicted molar refractivity (Wildman–Crippen MR) is 62.9 cm³/mol. The Morgan fingerprint density at radius 2 is 2.20 bits per heavy atom. The summed E-state index contributed by atoms with van der Waals surface area (Å²) in [6.45, 7) is 5.72. The van der Waals surface area contributed by atoms with Crippen LogP contribution in [0.5, 0.6) is 0 Å². The Balaban J connectivity index is 4.12. The van der Waals surface area contributed by atoms with Crippen LogP contribution in [0, 0.1) is 0 Å². The molecule has 0 spiro atoms. The molecule has 2 unspecified atom stereocenters. The molecule has 0 saturated heterocycles. The first-order valence-electron chi connectivity index (χ1n) is 5.69. The van der Waals surface area contributed by atoms with Gasteiger partial charge in [0.1, 0.15) is 0 Å². The van der Waals surface area contributed by atoms with Gasteiger partial charge in [-0.25, -0.2) is 0 Å². The van der Waals surface area contributed by atoms with Crippen LogP contribution in [0.25, 0.3) is 0 Å². The number of aliphatic hydroxyl groups is 1. The first kappa shape index (κ1) is 14.8.